The molecular formula is C15H13ClN4O2S2. The number of amides is 1. The van der Waals surface area contributed by atoms with Gasteiger partial charge in [-0.05, 0) is 19.1 Å². The van der Waals surface area contributed by atoms with Gasteiger partial charge in [-0.3, -0.25) is 14.9 Å². The number of fused-ring (bicyclic) bond motifs is 1. The van der Waals surface area contributed by atoms with Crippen molar-refractivity contribution in [2.75, 3.05) is 11.1 Å². The van der Waals surface area contributed by atoms with Gasteiger partial charge in [0.2, 0.25) is 11.0 Å². The van der Waals surface area contributed by atoms with Crippen LogP contribution in [-0.2, 0) is 10.5 Å². The first-order valence-corrected chi connectivity index (χ1v) is 9.36. The molecule has 2 N–H and O–H groups in total. The van der Waals surface area contributed by atoms with Gasteiger partial charge in [-0.2, -0.15) is 0 Å². The fourth-order valence-corrected chi connectivity index (χ4v) is 3.69. The highest BCUT2D eigenvalue weighted by Crippen LogP contribution is 2.20. The number of hydrogen-bond acceptors (Lipinski definition) is 6. The number of carbonyl (C=O) groups is 1. The van der Waals surface area contributed by atoms with Crippen LogP contribution in [0.3, 0.4) is 0 Å². The molecule has 0 bridgehead atoms. The molecule has 0 saturated carbocycles. The van der Waals surface area contributed by atoms with Crippen LogP contribution in [-0.4, -0.2) is 26.8 Å². The molecule has 24 heavy (non-hydrogen) atoms. The molecule has 0 aliphatic rings. The Morgan fingerprint density at radius 1 is 1.42 bits per heavy atom. The highest BCUT2D eigenvalue weighted by molar-refractivity contribution is 7.99. The van der Waals surface area contributed by atoms with Crippen LogP contribution in [0.5, 0.6) is 0 Å². The molecule has 2 aromatic heterocycles. The minimum absolute atomic E-state index is 0.0874. The largest absolute Gasteiger partial charge is 0.356 e. The standard InChI is InChI=1S/C15H13ClN4O2S2/c1-8-19-20-15(24-8)18-13(22)7-23-6-9-5-12(21)10-3-2-4-11(16)14(10)17-9/h2-5H,6-7H2,1H3,(H,17,21)(H,18,20,22). The van der Waals surface area contributed by atoms with Crippen LogP contribution in [0.1, 0.15) is 10.7 Å². The Morgan fingerprint density at radius 2 is 2.25 bits per heavy atom. The van der Waals surface area contributed by atoms with Gasteiger partial charge in [-0.1, -0.05) is 29.0 Å². The van der Waals surface area contributed by atoms with E-state index < -0.39 is 0 Å². The van der Waals surface area contributed by atoms with Gasteiger partial charge in [0, 0.05) is 22.9 Å². The van der Waals surface area contributed by atoms with E-state index in [4.69, 9.17) is 11.6 Å². The third kappa shape index (κ3) is 3.95. The molecule has 3 aromatic rings. The fraction of sp³-hybridized carbons (Fsp3) is 0.200. The number of pyridine rings is 1. The van der Waals surface area contributed by atoms with Gasteiger partial charge in [-0.25, -0.2) is 0 Å². The van der Waals surface area contributed by atoms with Crippen molar-refractivity contribution >= 4 is 56.6 Å². The van der Waals surface area contributed by atoms with Crippen molar-refractivity contribution in [3.8, 4) is 0 Å². The zero-order valence-corrected chi connectivity index (χ0v) is 15.0. The number of carbonyl (C=O) groups excluding carboxylic acids is 1. The number of aromatic nitrogens is 3. The summed E-state index contributed by atoms with van der Waals surface area (Å²) in [6.45, 7) is 1.82. The average molecular weight is 381 g/mol. The molecule has 1 amide bonds. The molecule has 0 aliphatic carbocycles. The number of hydrogen-bond donors (Lipinski definition) is 2. The van der Waals surface area contributed by atoms with E-state index in [1.165, 1.54) is 29.2 Å². The van der Waals surface area contributed by atoms with Gasteiger partial charge in [0.1, 0.15) is 5.01 Å². The highest BCUT2D eigenvalue weighted by Gasteiger charge is 2.08. The fourth-order valence-electron chi connectivity index (χ4n) is 2.12. The number of nitrogens with zero attached hydrogens (tertiary/aromatic N) is 2. The number of aromatic amines is 1. The summed E-state index contributed by atoms with van der Waals surface area (Å²) in [5.74, 6) is 0.595. The third-order valence-corrected chi connectivity index (χ3v) is 5.18. The lowest BCUT2D eigenvalue weighted by molar-refractivity contribution is -0.113. The van der Waals surface area contributed by atoms with E-state index in [-0.39, 0.29) is 17.1 Å². The topological polar surface area (TPSA) is 87.7 Å². The molecule has 2 heterocycles. The minimum Gasteiger partial charge on any atom is -0.356 e. The van der Waals surface area contributed by atoms with Crippen LogP contribution in [0.15, 0.2) is 29.1 Å². The highest BCUT2D eigenvalue weighted by atomic mass is 35.5. The van der Waals surface area contributed by atoms with Crippen molar-refractivity contribution in [2.45, 2.75) is 12.7 Å². The summed E-state index contributed by atoms with van der Waals surface area (Å²) in [5.41, 5.74) is 1.26. The maximum absolute atomic E-state index is 12.1. The quantitative estimate of drug-likeness (QED) is 0.709. The lowest BCUT2D eigenvalue weighted by Gasteiger charge is -2.06. The van der Waals surface area contributed by atoms with Crippen LogP contribution in [0.4, 0.5) is 5.13 Å². The van der Waals surface area contributed by atoms with E-state index in [9.17, 15) is 9.59 Å². The van der Waals surface area contributed by atoms with Crippen LogP contribution < -0.4 is 10.7 Å². The first-order chi connectivity index (χ1) is 11.5. The van der Waals surface area contributed by atoms with E-state index >= 15 is 0 Å². The molecule has 0 spiro atoms. The van der Waals surface area contributed by atoms with Gasteiger partial charge in [0.15, 0.2) is 5.43 Å². The second-order valence-electron chi connectivity index (χ2n) is 4.99. The normalized spacial score (nSPS) is 10.9. The van der Waals surface area contributed by atoms with E-state index in [0.717, 1.165) is 10.7 Å². The van der Waals surface area contributed by atoms with Gasteiger partial charge in [0.05, 0.1) is 16.3 Å². The predicted octanol–water partition coefficient (Wildman–Crippen LogP) is 3.21. The van der Waals surface area contributed by atoms with Crippen molar-refractivity contribution in [3.63, 3.8) is 0 Å². The van der Waals surface area contributed by atoms with Crippen molar-refractivity contribution in [3.05, 3.63) is 50.2 Å². The summed E-state index contributed by atoms with van der Waals surface area (Å²) in [6.07, 6.45) is 0. The summed E-state index contributed by atoms with van der Waals surface area (Å²) in [7, 11) is 0. The van der Waals surface area contributed by atoms with Crippen LogP contribution in [0.2, 0.25) is 5.02 Å². The molecule has 9 heteroatoms. The van der Waals surface area contributed by atoms with Gasteiger partial charge in [0.25, 0.3) is 0 Å². The first kappa shape index (κ1) is 16.9. The summed E-state index contributed by atoms with van der Waals surface area (Å²) in [6, 6.07) is 6.74. The average Bonchev–Trinajstić information content (AvgIpc) is 2.93. The van der Waals surface area contributed by atoms with Crippen molar-refractivity contribution in [1.82, 2.24) is 15.2 Å². The van der Waals surface area contributed by atoms with Crippen molar-refractivity contribution < 1.29 is 4.79 Å². The predicted molar refractivity (Wildman–Crippen MR) is 99.0 cm³/mol. The Bertz CT molecular complexity index is 954. The smallest absolute Gasteiger partial charge is 0.236 e. The Morgan fingerprint density at radius 3 is 3.00 bits per heavy atom. The Hall–Kier alpha value is -1.90. The molecule has 0 unspecified atom stereocenters. The number of rotatable bonds is 5. The molecule has 0 atom stereocenters. The van der Waals surface area contributed by atoms with Gasteiger partial charge < -0.3 is 4.98 Å². The number of aryl methyl sites for hydroxylation is 1. The van der Waals surface area contributed by atoms with E-state index in [2.05, 4.69) is 20.5 Å². The molecule has 0 aliphatic heterocycles. The maximum atomic E-state index is 12.1. The van der Waals surface area contributed by atoms with E-state index in [0.29, 0.717) is 26.8 Å². The van der Waals surface area contributed by atoms with Gasteiger partial charge >= 0.3 is 0 Å². The number of benzene rings is 1. The second kappa shape index (κ2) is 7.33. The number of para-hydroxylation sites is 1. The van der Waals surface area contributed by atoms with Gasteiger partial charge in [-0.15, -0.1) is 22.0 Å². The molecule has 1 aromatic carbocycles. The van der Waals surface area contributed by atoms with Crippen molar-refractivity contribution in [2.24, 2.45) is 0 Å². The summed E-state index contributed by atoms with van der Waals surface area (Å²) < 4.78 is 0. The molecule has 0 saturated heterocycles. The summed E-state index contributed by atoms with van der Waals surface area (Å²) >= 11 is 8.85. The van der Waals surface area contributed by atoms with E-state index in [1.807, 2.05) is 6.92 Å². The lowest BCUT2D eigenvalue weighted by atomic mass is 10.2. The maximum Gasteiger partial charge on any atom is 0.236 e. The third-order valence-electron chi connectivity index (χ3n) is 3.13. The monoisotopic (exact) mass is 380 g/mol. The number of thioether (sulfide) groups is 1. The molecule has 3 rings (SSSR count). The molecular weight excluding hydrogens is 368 g/mol. The first-order valence-electron chi connectivity index (χ1n) is 7.01. The Labute approximate surface area is 150 Å². The second-order valence-corrected chi connectivity index (χ2v) is 7.56. The van der Waals surface area contributed by atoms with Crippen LogP contribution >= 0.6 is 34.7 Å². The molecule has 0 fully saturated rings. The molecule has 124 valence electrons. The van der Waals surface area contributed by atoms with Crippen molar-refractivity contribution in [1.29, 1.82) is 0 Å². The minimum atomic E-state index is -0.155. The molecule has 0 radical (unpaired) electrons. The molecule has 6 nitrogen and oxygen atoms in total. The number of nitrogens with one attached hydrogen (secondary N) is 2. The zero-order chi connectivity index (χ0) is 17.1. The lowest BCUT2D eigenvalue weighted by Crippen LogP contribution is -2.14. The summed E-state index contributed by atoms with van der Waals surface area (Å²) in [5, 5.41) is 12.7. The Kier molecular flexibility index (Phi) is 5.17. The number of halogens is 1. The van der Waals surface area contributed by atoms with E-state index in [1.54, 1.807) is 18.2 Å². The zero-order valence-electron chi connectivity index (χ0n) is 12.6. The summed E-state index contributed by atoms with van der Waals surface area (Å²) in [4.78, 5) is 27.1. The number of H-pyrrole nitrogens is 1. The van der Waals surface area contributed by atoms with Crippen LogP contribution in [0.25, 0.3) is 10.9 Å². The Balaban J connectivity index is 1.62. The van der Waals surface area contributed by atoms with Crippen LogP contribution in [0, 0.1) is 6.92 Å². The SMILES string of the molecule is Cc1nnc(NC(=O)CSCc2cc(=O)c3cccc(Cl)c3[nH]2)s1. The number of anilines is 1.